The molecule has 0 radical (unpaired) electrons. The first kappa shape index (κ1) is 12.3. The Bertz CT molecular complexity index is 408. The van der Waals surface area contributed by atoms with Crippen LogP contribution in [0.15, 0.2) is 22.7 Å². The molecule has 0 aromatic carbocycles. The molecule has 0 aliphatic carbocycles. The van der Waals surface area contributed by atoms with Gasteiger partial charge in [0.15, 0.2) is 5.76 Å². The van der Waals surface area contributed by atoms with Gasteiger partial charge in [-0.1, -0.05) is 37.5 Å². The fourth-order valence-corrected chi connectivity index (χ4v) is 2.03. The molecule has 0 spiro atoms. The van der Waals surface area contributed by atoms with E-state index in [9.17, 15) is 0 Å². The highest BCUT2D eigenvalue weighted by molar-refractivity contribution is 7.19. The van der Waals surface area contributed by atoms with Crippen LogP contribution in [0.25, 0.3) is 10.6 Å². The topological polar surface area (TPSA) is 26.0 Å². The van der Waals surface area contributed by atoms with Gasteiger partial charge < -0.3 is 4.52 Å². The van der Waals surface area contributed by atoms with Crippen LogP contribution in [0.2, 0.25) is 4.34 Å². The molecule has 2 aromatic heterocycles. The number of thiophene rings is 1. The summed E-state index contributed by atoms with van der Waals surface area (Å²) in [6.45, 7) is 6.04. The maximum absolute atomic E-state index is 5.81. The lowest BCUT2D eigenvalue weighted by Gasteiger charge is -1.83. The molecular weight excluding hydrogens is 230 g/mol. The highest BCUT2D eigenvalue weighted by atomic mass is 35.5. The van der Waals surface area contributed by atoms with Crippen molar-refractivity contribution in [2.75, 3.05) is 0 Å². The van der Waals surface area contributed by atoms with Crippen LogP contribution in [0.5, 0.6) is 0 Å². The van der Waals surface area contributed by atoms with Crippen molar-refractivity contribution in [3.8, 4) is 10.6 Å². The minimum Gasteiger partial charge on any atom is -0.355 e. The summed E-state index contributed by atoms with van der Waals surface area (Å²) in [6, 6.07) is 5.74. The largest absolute Gasteiger partial charge is 0.355 e. The van der Waals surface area contributed by atoms with Gasteiger partial charge in [0.2, 0.25) is 0 Å². The van der Waals surface area contributed by atoms with Crippen molar-refractivity contribution in [2.24, 2.45) is 0 Å². The first-order chi connectivity index (χ1) is 7.29. The smallest absolute Gasteiger partial charge is 0.177 e. The van der Waals surface area contributed by atoms with Gasteiger partial charge in [-0.2, -0.15) is 0 Å². The van der Waals surface area contributed by atoms with E-state index in [0.29, 0.717) is 0 Å². The minimum absolute atomic E-state index is 0.768. The third kappa shape index (κ3) is 3.08. The molecule has 2 rings (SSSR count). The van der Waals surface area contributed by atoms with Crippen LogP contribution in [0, 0.1) is 0 Å². The number of aryl methyl sites for hydroxylation is 1. The third-order valence-corrected chi connectivity index (χ3v) is 2.98. The molecule has 4 heteroatoms. The second-order valence-corrected chi connectivity index (χ2v) is 4.35. The molecule has 0 N–H and O–H groups in total. The van der Waals surface area contributed by atoms with Crippen LogP contribution < -0.4 is 0 Å². The van der Waals surface area contributed by atoms with E-state index in [1.807, 2.05) is 39.0 Å². The van der Waals surface area contributed by atoms with E-state index in [-0.39, 0.29) is 0 Å². The normalized spacial score (nSPS) is 9.60. The summed E-state index contributed by atoms with van der Waals surface area (Å²) in [4.78, 5) is 1.03. The molecule has 2 nitrogen and oxygen atoms in total. The fraction of sp³-hybridized carbons (Fsp3) is 0.364. The summed E-state index contributed by atoms with van der Waals surface area (Å²) in [6.07, 6.45) is 0.891. The van der Waals surface area contributed by atoms with E-state index in [1.54, 1.807) is 0 Å². The molecule has 0 bridgehead atoms. The van der Waals surface area contributed by atoms with E-state index < -0.39 is 0 Å². The van der Waals surface area contributed by atoms with Gasteiger partial charge in [0.1, 0.15) is 0 Å². The van der Waals surface area contributed by atoms with Crippen molar-refractivity contribution in [3.05, 3.63) is 28.2 Å². The van der Waals surface area contributed by atoms with Gasteiger partial charge in [0, 0.05) is 6.07 Å². The van der Waals surface area contributed by atoms with Gasteiger partial charge in [-0.3, -0.25) is 0 Å². The number of hydrogen-bond donors (Lipinski definition) is 0. The zero-order chi connectivity index (χ0) is 11.3. The molecule has 0 saturated heterocycles. The summed E-state index contributed by atoms with van der Waals surface area (Å²) in [5, 5.41) is 3.91. The standard InChI is InChI=1S/C9H8ClNOS.C2H6/c1-2-6-5-7(12-11-6)8-3-4-9(10)13-8;1-2/h3-5H,2H2,1H3;1-2H3. The van der Waals surface area contributed by atoms with E-state index in [1.165, 1.54) is 11.3 Å². The molecule has 2 heterocycles. The average molecular weight is 244 g/mol. The van der Waals surface area contributed by atoms with Crippen molar-refractivity contribution >= 4 is 22.9 Å². The molecule has 0 atom stereocenters. The van der Waals surface area contributed by atoms with Crippen molar-refractivity contribution in [2.45, 2.75) is 27.2 Å². The maximum atomic E-state index is 5.81. The molecule has 0 fully saturated rings. The molecule has 0 saturated carbocycles. The van der Waals surface area contributed by atoms with Crippen molar-refractivity contribution in [1.82, 2.24) is 5.16 Å². The van der Waals surface area contributed by atoms with E-state index >= 15 is 0 Å². The lowest BCUT2D eigenvalue weighted by Crippen LogP contribution is -1.73. The highest BCUT2D eigenvalue weighted by Gasteiger charge is 2.07. The zero-order valence-corrected chi connectivity index (χ0v) is 10.7. The van der Waals surface area contributed by atoms with E-state index in [4.69, 9.17) is 16.1 Å². The Kier molecular flexibility index (Phi) is 4.85. The van der Waals surface area contributed by atoms with Crippen LogP contribution >= 0.6 is 22.9 Å². The first-order valence-corrected chi connectivity index (χ1v) is 6.20. The van der Waals surface area contributed by atoms with Gasteiger partial charge in [-0.25, -0.2) is 0 Å². The average Bonchev–Trinajstić information content (AvgIpc) is 2.88. The van der Waals surface area contributed by atoms with Crippen molar-refractivity contribution in [3.63, 3.8) is 0 Å². The molecule has 15 heavy (non-hydrogen) atoms. The van der Waals surface area contributed by atoms with Gasteiger partial charge in [0.25, 0.3) is 0 Å². The molecule has 0 unspecified atom stereocenters. The summed E-state index contributed by atoms with van der Waals surface area (Å²) in [5.41, 5.74) is 0.972. The maximum Gasteiger partial charge on any atom is 0.177 e. The monoisotopic (exact) mass is 243 g/mol. The molecule has 2 aromatic rings. The van der Waals surface area contributed by atoms with Crippen LogP contribution in [0.3, 0.4) is 0 Å². The quantitative estimate of drug-likeness (QED) is 0.768. The van der Waals surface area contributed by atoms with Crippen LogP contribution in [0.1, 0.15) is 26.5 Å². The minimum atomic E-state index is 0.768. The SMILES string of the molecule is CC.CCc1cc(-c2ccc(Cl)s2)on1. The number of nitrogens with zero attached hydrogens (tertiary/aromatic N) is 1. The van der Waals surface area contributed by atoms with Crippen molar-refractivity contribution < 1.29 is 4.52 Å². The Morgan fingerprint density at radius 2 is 2.13 bits per heavy atom. The summed E-state index contributed by atoms with van der Waals surface area (Å²) >= 11 is 7.30. The first-order valence-electron chi connectivity index (χ1n) is 5.01. The fourth-order valence-electron chi connectivity index (χ4n) is 1.04. The molecule has 82 valence electrons. The number of hydrogen-bond acceptors (Lipinski definition) is 3. The number of halogens is 1. The van der Waals surface area contributed by atoms with Crippen LogP contribution in [-0.4, -0.2) is 5.16 Å². The number of aromatic nitrogens is 1. The van der Waals surface area contributed by atoms with Gasteiger partial charge in [-0.05, 0) is 18.6 Å². The Morgan fingerprint density at radius 3 is 2.60 bits per heavy atom. The Labute approximate surface area is 98.9 Å². The van der Waals surface area contributed by atoms with Crippen LogP contribution in [-0.2, 0) is 6.42 Å². The molecular formula is C11H14ClNOS. The van der Waals surface area contributed by atoms with Gasteiger partial charge in [0.05, 0.1) is 14.9 Å². The summed E-state index contributed by atoms with van der Waals surface area (Å²) in [7, 11) is 0. The second kappa shape index (κ2) is 5.93. The third-order valence-electron chi connectivity index (χ3n) is 1.74. The van der Waals surface area contributed by atoms with Crippen molar-refractivity contribution in [1.29, 1.82) is 0 Å². The predicted molar refractivity (Wildman–Crippen MR) is 65.6 cm³/mol. The highest BCUT2D eigenvalue weighted by Crippen LogP contribution is 2.31. The second-order valence-electron chi connectivity index (χ2n) is 2.64. The van der Waals surface area contributed by atoms with E-state index in [2.05, 4.69) is 5.16 Å². The molecule has 0 amide bonds. The Balaban J connectivity index is 0.000000531. The molecule has 0 aliphatic heterocycles. The lowest BCUT2D eigenvalue weighted by molar-refractivity contribution is 0.425. The Hall–Kier alpha value is -0.800. The summed E-state index contributed by atoms with van der Waals surface area (Å²) < 4.78 is 5.92. The molecule has 0 aliphatic rings. The number of rotatable bonds is 2. The van der Waals surface area contributed by atoms with E-state index in [0.717, 1.165) is 27.1 Å². The van der Waals surface area contributed by atoms with Gasteiger partial charge >= 0.3 is 0 Å². The lowest BCUT2D eigenvalue weighted by atomic mass is 10.3. The van der Waals surface area contributed by atoms with Crippen LogP contribution in [0.4, 0.5) is 0 Å². The van der Waals surface area contributed by atoms with Gasteiger partial charge in [-0.15, -0.1) is 11.3 Å². The summed E-state index contributed by atoms with van der Waals surface area (Å²) in [5.74, 6) is 0.800. The zero-order valence-electron chi connectivity index (χ0n) is 9.08. The Morgan fingerprint density at radius 1 is 1.40 bits per heavy atom. The predicted octanol–water partition coefficient (Wildman–Crippen LogP) is 4.65.